The number of hydrogen-bond acceptors (Lipinski definition) is 6. The number of hydrogen-bond donors (Lipinski definition) is 4. The lowest BCUT2D eigenvalue weighted by atomic mass is 9.81. The van der Waals surface area contributed by atoms with E-state index in [0.29, 0.717) is 25.2 Å². The molecule has 4 unspecified atom stereocenters. The summed E-state index contributed by atoms with van der Waals surface area (Å²) in [4.78, 5) is 28.4. The van der Waals surface area contributed by atoms with Crippen molar-refractivity contribution in [2.45, 2.75) is 123 Å². The molecule has 36 heavy (non-hydrogen) atoms. The summed E-state index contributed by atoms with van der Waals surface area (Å²) in [5, 5.41) is 26.3. The maximum absolute atomic E-state index is 11.5. The van der Waals surface area contributed by atoms with Crippen LogP contribution in [0.25, 0.3) is 0 Å². The maximum Gasteiger partial charge on any atom is 0.306 e. The van der Waals surface area contributed by atoms with Gasteiger partial charge in [0.2, 0.25) is 0 Å². The molecule has 0 bridgehead atoms. The highest BCUT2D eigenvalue weighted by molar-refractivity contribution is 5.70. The summed E-state index contributed by atoms with van der Waals surface area (Å²) in [5.41, 5.74) is -0.00398. The van der Waals surface area contributed by atoms with Crippen LogP contribution in [0.2, 0.25) is 0 Å². The fourth-order valence-electron chi connectivity index (χ4n) is 6.38. The van der Waals surface area contributed by atoms with E-state index in [0.717, 1.165) is 96.9 Å². The minimum Gasteiger partial charge on any atom is -0.481 e. The Hall–Kier alpha value is -1.22. The summed E-state index contributed by atoms with van der Waals surface area (Å²) >= 11 is 0. The van der Waals surface area contributed by atoms with Crippen LogP contribution in [0, 0.1) is 11.8 Å². The van der Waals surface area contributed by atoms with Gasteiger partial charge in [0.15, 0.2) is 0 Å². The maximum atomic E-state index is 11.5. The predicted molar refractivity (Wildman–Crippen MR) is 145 cm³/mol. The Kier molecular flexibility index (Phi) is 13.7. The average Bonchev–Trinajstić information content (AvgIpc) is 2.85. The van der Waals surface area contributed by atoms with Gasteiger partial charge in [-0.3, -0.25) is 19.4 Å². The molecule has 2 heterocycles. The van der Waals surface area contributed by atoms with Crippen molar-refractivity contribution in [3.8, 4) is 0 Å². The van der Waals surface area contributed by atoms with E-state index in [-0.39, 0.29) is 17.4 Å². The summed E-state index contributed by atoms with van der Waals surface area (Å²) < 4.78 is 0. The van der Waals surface area contributed by atoms with Gasteiger partial charge in [-0.2, -0.15) is 0 Å². The fourth-order valence-corrected chi connectivity index (χ4v) is 6.38. The fraction of sp³-hybridized carbons (Fsp3) is 0.929. The van der Waals surface area contributed by atoms with Crippen molar-refractivity contribution in [1.29, 1.82) is 0 Å². The minimum atomic E-state index is -0.672. The predicted octanol–water partition coefficient (Wildman–Crippen LogP) is 4.35. The molecule has 2 aliphatic rings. The molecular formula is C28H54N4O4. The molecule has 2 aliphatic heterocycles. The molecule has 4 N–H and O–H groups in total. The molecule has 0 amide bonds. The van der Waals surface area contributed by atoms with E-state index in [4.69, 9.17) is 0 Å². The molecule has 2 fully saturated rings. The van der Waals surface area contributed by atoms with Crippen molar-refractivity contribution in [2.75, 3.05) is 32.7 Å². The van der Waals surface area contributed by atoms with Gasteiger partial charge in [-0.1, -0.05) is 39.5 Å². The van der Waals surface area contributed by atoms with Gasteiger partial charge in [-0.05, 0) is 78.3 Å². The summed E-state index contributed by atoms with van der Waals surface area (Å²) in [7, 11) is 0. The third-order valence-corrected chi connectivity index (χ3v) is 8.77. The highest BCUT2D eigenvalue weighted by atomic mass is 16.4. The summed E-state index contributed by atoms with van der Waals surface area (Å²) in [6, 6.07) is 0. The molecule has 210 valence electrons. The Balaban J connectivity index is 2.19. The monoisotopic (exact) mass is 510 g/mol. The lowest BCUT2D eigenvalue weighted by Crippen LogP contribution is -2.66. The number of rotatable bonds is 17. The van der Waals surface area contributed by atoms with Crippen LogP contribution in [0.1, 0.15) is 105 Å². The van der Waals surface area contributed by atoms with Crippen molar-refractivity contribution in [3.63, 3.8) is 0 Å². The zero-order chi connectivity index (χ0) is 26.6. The second-order valence-corrected chi connectivity index (χ2v) is 11.2. The van der Waals surface area contributed by atoms with Gasteiger partial charge >= 0.3 is 11.9 Å². The van der Waals surface area contributed by atoms with Crippen LogP contribution in [-0.2, 0) is 9.59 Å². The Labute approximate surface area is 219 Å². The van der Waals surface area contributed by atoms with Crippen LogP contribution < -0.4 is 10.6 Å². The van der Waals surface area contributed by atoms with Crippen molar-refractivity contribution in [1.82, 2.24) is 20.4 Å². The van der Waals surface area contributed by atoms with Crippen molar-refractivity contribution < 1.29 is 19.8 Å². The Morgan fingerprint density at radius 3 is 1.78 bits per heavy atom. The zero-order valence-corrected chi connectivity index (χ0v) is 23.4. The SMILES string of the molecule is CCC(CCCCC(CCCCC(CC)C(=O)O)(CN1CCCNC1C)N1CCCNC1C)C(=O)O. The van der Waals surface area contributed by atoms with E-state index in [1.165, 1.54) is 0 Å². The normalized spacial score (nSPS) is 25.2. The topological polar surface area (TPSA) is 105 Å². The second-order valence-electron chi connectivity index (χ2n) is 11.2. The summed E-state index contributed by atoms with van der Waals surface area (Å²) in [6.07, 6.45) is 11.8. The van der Waals surface area contributed by atoms with Crippen LogP contribution >= 0.6 is 0 Å². The third kappa shape index (κ3) is 9.26. The van der Waals surface area contributed by atoms with Gasteiger partial charge < -0.3 is 20.8 Å². The van der Waals surface area contributed by atoms with Crippen molar-refractivity contribution in [2.24, 2.45) is 11.8 Å². The standard InChI is InChI=1S/C28H54N4O4/c1-5-24(26(33)34)13-7-9-15-28(32-20-12-18-30-23(32)4,21-31-19-11-17-29-22(31)3)16-10-8-14-25(6-2)27(35)36/h22-25,29-30H,5-21H2,1-4H3,(H,33,34)(H,35,36). The molecule has 2 rings (SSSR count). The smallest absolute Gasteiger partial charge is 0.306 e. The molecular weight excluding hydrogens is 456 g/mol. The number of carbonyl (C=O) groups is 2. The number of aliphatic carboxylic acids is 2. The zero-order valence-electron chi connectivity index (χ0n) is 23.4. The number of nitrogens with zero attached hydrogens (tertiary/aromatic N) is 2. The van der Waals surface area contributed by atoms with Crippen LogP contribution in [0.15, 0.2) is 0 Å². The summed E-state index contributed by atoms with van der Waals surface area (Å²) in [5.74, 6) is -1.84. The second kappa shape index (κ2) is 15.9. The van der Waals surface area contributed by atoms with Gasteiger partial charge in [-0.15, -0.1) is 0 Å². The van der Waals surface area contributed by atoms with Crippen molar-refractivity contribution >= 4 is 11.9 Å². The summed E-state index contributed by atoms with van der Waals surface area (Å²) in [6.45, 7) is 13.8. The average molecular weight is 511 g/mol. The van der Waals surface area contributed by atoms with E-state index >= 15 is 0 Å². The van der Waals surface area contributed by atoms with Crippen molar-refractivity contribution in [3.05, 3.63) is 0 Å². The third-order valence-electron chi connectivity index (χ3n) is 8.77. The number of carboxylic acids is 2. The largest absolute Gasteiger partial charge is 0.481 e. The quantitative estimate of drug-likeness (QED) is 0.214. The Morgan fingerprint density at radius 2 is 1.33 bits per heavy atom. The number of carboxylic acid groups (broad SMARTS) is 2. The van der Waals surface area contributed by atoms with E-state index in [9.17, 15) is 19.8 Å². The van der Waals surface area contributed by atoms with E-state index in [1.54, 1.807) is 0 Å². The molecule has 4 atom stereocenters. The molecule has 0 aromatic carbocycles. The molecule has 0 aromatic rings. The van der Waals surface area contributed by atoms with Crippen LogP contribution in [0.3, 0.4) is 0 Å². The molecule has 0 spiro atoms. The Morgan fingerprint density at radius 1 is 0.833 bits per heavy atom. The first-order valence-electron chi connectivity index (χ1n) is 14.7. The molecule has 0 saturated carbocycles. The van der Waals surface area contributed by atoms with Crippen LogP contribution in [0.4, 0.5) is 0 Å². The first-order valence-corrected chi connectivity index (χ1v) is 14.7. The van der Waals surface area contributed by atoms with Crippen LogP contribution in [-0.4, -0.2) is 82.5 Å². The van der Waals surface area contributed by atoms with Gasteiger partial charge in [0.1, 0.15) is 0 Å². The molecule has 8 nitrogen and oxygen atoms in total. The number of nitrogens with one attached hydrogen (secondary N) is 2. The minimum absolute atomic E-state index is 0.00398. The first-order chi connectivity index (χ1) is 17.2. The molecule has 0 aromatic heterocycles. The van der Waals surface area contributed by atoms with E-state index < -0.39 is 11.9 Å². The molecule has 8 heteroatoms. The van der Waals surface area contributed by atoms with E-state index in [1.807, 2.05) is 13.8 Å². The molecule has 0 radical (unpaired) electrons. The van der Waals surface area contributed by atoms with E-state index in [2.05, 4.69) is 34.3 Å². The number of unbranched alkanes of at least 4 members (excludes halogenated alkanes) is 2. The van der Waals surface area contributed by atoms with Gasteiger partial charge in [0.25, 0.3) is 0 Å². The van der Waals surface area contributed by atoms with Crippen LogP contribution in [0.5, 0.6) is 0 Å². The lowest BCUT2D eigenvalue weighted by molar-refractivity contribution is -0.143. The highest BCUT2D eigenvalue weighted by Gasteiger charge is 2.41. The first kappa shape index (κ1) is 31.0. The molecule has 0 aliphatic carbocycles. The van der Waals surface area contributed by atoms with Gasteiger partial charge in [-0.25, -0.2) is 0 Å². The van der Waals surface area contributed by atoms with Gasteiger partial charge in [0, 0.05) is 25.2 Å². The molecule has 2 saturated heterocycles. The van der Waals surface area contributed by atoms with Gasteiger partial charge in [0.05, 0.1) is 24.2 Å². The Bertz CT molecular complexity index is 631. The lowest BCUT2D eigenvalue weighted by Gasteiger charge is -2.53. The highest BCUT2D eigenvalue weighted by Crippen LogP contribution is 2.34.